The van der Waals surface area contributed by atoms with Crippen molar-refractivity contribution in [3.05, 3.63) is 29.8 Å². The molecule has 0 aliphatic rings. The van der Waals surface area contributed by atoms with Crippen LogP contribution in [0.15, 0.2) is 24.3 Å². The monoisotopic (exact) mass is 307 g/mol. The predicted octanol–water partition coefficient (Wildman–Crippen LogP) is 1.34. The number of rotatable bonds is 9. The van der Waals surface area contributed by atoms with E-state index in [1.54, 1.807) is 36.3 Å². The standard InChI is InChI=1S/C16H25N3O3/c1-4-19(5-2)16(21)13-8-6-7-9-14(13)18-15(20)12-17-10-11-22-3/h6-9,17H,4-5,10-12H2,1-3H3,(H,18,20). The molecule has 0 saturated carbocycles. The Morgan fingerprint density at radius 3 is 2.50 bits per heavy atom. The summed E-state index contributed by atoms with van der Waals surface area (Å²) in [6, 6.07) is 7.06. The van der Waals surface area contributed by atoms with Gasteiger partial charge in [-0.1, -0.05) is 12.1 Å². The number of anilines is 1. The normalized spacial score (nSPS) is 10.3. The zero-order valence-electron chi connectivity index (χ0n) is 13.5. The van der Waals surface area contributed by atoms with Crippen molar-refractivity contribution < 1.29 is 14.3 Å². The van der Waals surface area contributed by atoms with Crippen molar-refractivity contribution in [2.24, 2.45) is 0 Å². The molecule has 1 rings (SSSR count). The van der Waals surface area contributed by atoms with Crippen molar-refractivity contribution in [1.82, 2.24) is 10.2 Å². The van der Waals surface area contributed by atoms with Crippen LogP contribution in [0.3, 0.4) is 0 Å². The molecular weight excluding hydrogens is 282 g/mol. The van der Waals surface area contributed by atoms with Crippen LogP contribution in [0.25, 0.3) is 0 Å². The van der Waals surface area contributed by atoms with Gasteiger partial charge in [0.05, 0.1) is 24.4 Å². The molecule has 0 spiro atoms. The van der Waals surface area contributed by atoms with Crippen molar-refractivity contribution in [3.8, 4) is 0 Å². The number of nitrogens with zero attached hydrogens (tertiary/aromatic N) is 1. The molecule has 0 fully saturated rings. The summed E-state index contributed by atoms with van der Waals surface area (Å²) in [6.07, 6.45) is 0. The van der Waals surface area contributed by atoms with Crippen LogP contribution in [-0.4, -0.2) is 56.6 Å². The first-order valence-corrected chi connectivity index (χ1v) is 7.51. The molecule has 6 heteroatoms. The lowest BCUT2D eigenvalue weighted by Crippen LogP contribution is -2.33. The third kappa shape index (κ3) is 5.46. The molecule has 22 heavy (non-hydrogen) atoms. The van der Waals surface area contributed by atoms with E-state index in [1.165, 1.54) is 0 Å². The van der Waals surface area contributed by atoms with Gasteiger partial charge in [0.15, 0.2) is 0 Å². The summed E-state index contributed by atoms with van der Waals surface area (Å²) in [5.74, 6) is -0.260. The number of para-hydroxylation sites is 1. The van der Waals surface area contributed by atoms with Gasteiger partial charge in [0, 0.05) is 26.7 Å². The van der Waals surface area contributed by atoms with Crippen LogP contribution in [-0.2, 0) is 9.53 Å². The maximum atomic E-state index is 12.5. The quantitative estimate of drug-likeness (QED) is 0.676. The molecule has 0 radical (unpaired) electrons. The average molecular weight is 307 g/mol. The Bertz CT molecular complexity index is 487. The van der Waals surface area contributed by atoms with Gasteiger partial charge >= 0.3 is 0 Å². The van der Waals surface area contributed by atoms with Crippen molar-refractivity contribution in [3.63, 3.8) is 0 Å². The molecule has 1 aromatic rings. The smallest absolute Gasteiger partial charge is 0.255 e. The Morgan fingerprint density at radius 1 is 1.18 bits per heavy atom. The second-order valence-corrected chi connectivity index (χ2v) is 4.74. The predicted molar refractivity (Wildman–Crippen MR) is 87.1 cm³/mol. The number of nitrogens with one attached hydrogen (secondary N) is 2. The third-order valence-corrected chi connectivity index (χ3v) is 3.25. The number of hydrogen-bond acceptors (Lipinski definition) is 4. The van der Waals surface area contributed by atoms with E-state index in [1.807, 2.05) is 13.8 Å². The number of benzene rings is 1. The van der Waals surface area contributed by atoms with Gasteiger partial charge in [-0.2, -0.15) is 0 Å². The van der Waals surface area contributed by atoms with Crippen LogP contribution in [0.5, 0.6) is 0 Å². The Hall–Kier alpha value is -1.92. The highest BCUT2D eigenvalue weighted by molar-refractivity contribution is 6.04. The summed E-state index contributed by atoms with van der Waals surface area (Å²) in [7, 11) is 1.61. The number of methoxy groups -OCH3 is 1. The molecule has 0 aromatic heterocycles. The van der Waals surface area contributed by atoms with Crippen LogP contribution < -0.4 is 10.6 Å². The average Bonchev–Trinajstić information content (AvgIpc) is 2.53. The molecule has 122 valence electrons. The SMILES string of the molecule is CCN(CC)C(=O)c1ccccc1NC(=O)CNCCOC. The summed E-state index contributed by atoms with van der Waals surface area (Å²) in [4.78, 5) is 26.1. The molecule has 0 aliphatic heterocycles. The molecule has 0 saturated heterocycles. The molecule has 0 heterocycles. The van der Waals surface area contributed by atoms with Gasteiger partial charge < -0.3 is 20.3 Å². The minimum absolute atomic E-state index is 0.0757. The molecule has 0 unspecified atom stereocenters. The number of amides is 2. The van der Waals surface area contributed by atoms with E-state index < -0.39 is 0 Å². The summed E-state index contributed by atoms with van der Waals surface area (Å²) >= 11 is 0. The lowest BCUT2D eigenvalue weighted by Gasteiger charge is -2.20. The summed E-state index contributed by atoms with van der Waals surface area (Å²) in [5, 5.41) is 5.75. The molecule has 2 N–H and O–H groups in total. The van der Waals surface area contributed by atoms with Crippen molar-refractivity contribution in [2.45, 2.75) is 13.8 Å². The van der Waals surface area contributed by atoms with Gasteiger partial charge in [-0.25, -0.2) is 0 Å². The minimum Gasteiger partial charge on any atom is -0.383 e. The van der Waals surface area contributed by atoms with Gasteiger partial charge in [0.2, 0.25) is 5.91 Å². The van der Waals surface area contributed by atoms with Gasteiger partial charge in [0.1, 0.15) is 0 Å². The van der Waals surface area contributed by atoms with E-state index in [4.69, 9.17) is 4.74 Å². The van der Waals surface area contributed by atoms with Crippen LogP contribution in [0.1, 0.15) is 24.2 Å². The van der Waals surface area contributed by atoms with Crippen LogP contribution in [0.4, 0.5) is 5.69 Å². The van der Waals surface area contributed by atoms with Gasteiger partial charge in [0.25, 0.3) is 5.91 Å². The Labute approximate surface area is 131 Å². The fourth-order valence-electron chi connectivity index (χ4n) is 2.03. The van der Waals surface area contributed by atoms with Crippen molar-refractivity contribution in [1.29, 1.82) is 0 Å². The first kappa shape index (κ1) is 18.1. The zero-order valence-corrected chi connectivity index (χ0v) is 13.5. The van der Waals surface area contributed by atoms with Crippen molar-refractivity contribution in [2.75, 3.05) is 45.2 Å². The first-order chi connectivity index (χ1) is 10.6. The van der Waals surface area contributed by atoms with Gasteiger partial charge in [-0.15, -0.1) is 0 Å². The molecule has 0 aliphatic carbocycles. The number of carbonyl (C=O) groups excluding carboxylic acids is 2. The van der Waals surface area contributed by atoms with E-state index in [9.17, 15) is 9.59 Å². The molecule has 0 bridgehead atoms. The van der Waals surface area contributed by atoms with E-state index in [2.05, 4.69) is 10.6 Å². The van der Waals surface area contributed by atoms with Crippen LogP contribution in [0, 0.1) is 0 Å². The number of carbonyl (C=O) groups is 2. The molecule has 2 amide bonds. The fraction of sp³-hybridized carbons (Fsp3) is 0.500. The summed E-state index contributed by atoms with van der Waals surface area (Å²) in [5.41, 5.74) is 1.05. The third-order valence-electron chi connectivity index (χ3n) is 3.25. The van der Waals surface area contributed by atoms with E-state index >= 15 is 0 Å². The van der Waals surface area contributed by atoms with E-state index in [-0.39, 0.29) is 18.4 Å². The minimum atomic E-state index is -0.184. The van der Waals surface area contributed by atoms with Crippen LogP contribution in [0.2, 0.25) is 0 Å². The largest absolute Gasteiger partial charge is 0.383 e. The molecule has 1 aromatic carbocycles. The van der Waals surface area contributed by atoms with Gasteiger partial charge in [-0.3, -0.25) is 9.59 Å². The van der Waals surface area contributed by atoms with Crippen molar-refractivity contribution >= 4 is 17.5 Å². The molecule has 0 atom stereocenters. The molecular formula is C16H25N3O3. The summed E-state index contributed by atoms with van der Waals surface area (Å²) < 4.78 is 4.90. The summed E-state index contributed by atoms with van der Waals surface area (Å²) in [6.45, 7) is 6.46. The Kier molecular flexibility index (Phi) is 8.17. The highest BCUT2D eigenvalue weighted by Gasteiger charge is 2.17. The highest BCUT2D eigenvalue weighted by atomic mass is 16.5. The lowest BCUT2D eigenvalue weighted by atomic mass is 10.1. The number of ether oxygens (including phenoxy) is 1. The zero-order chi connectivity index (χ0) is 16.4. The molecule has 6 nitrogen and oxygen atoms in total. The lowest BCUT2D eigenvalue weighted by molar-refractivity contribution is -0.115. The fourth-order valence-corrected chi connectivity index (χ4v) is 2.03. The van der Waals surface area contributed by atoms with E-state index in [0.717, 1.165) is 0 Å². The van der Waals surface area contributed by atoms with Crippen LogP contribution >= 0.6 is 0 Å². The maximum Gasteiger partial charge on any atom is 0.255 e. The first-order valence-electron chi connectivity index (χ1n) is 7.51. The maximum absolute atomic E-state index is 12.5. The Balaban J connectivity index is 2.71. The number of hydrogen-bond donors (Lipinski definition) is 2. The van der Waals surface area contributed by atoms with Gasteiger partial charge in [-0.05, 0) is 26.0 Å². The highest BCUT2D eigenvalue weighted by Crippen LogP contribution is 2.17. The Morgan fingerprint density at radius 2 is 1.86 bits per heavy atom. The van der Waals surface area contributed by atoms with E-state index in [0.29, 0.717) is 37.5 Å². The topological polar surface area (TPSA) is 70.7 Å². The second kappa shape index (κ2) is 9.92. The second-order valence-electron chi connectivity index (χ2n) is 4.74.